The van der Waals surface area contributed by atoms with E-state index in [1.54, 1.807) is 0 Å². The molecule has 1 aliphatic rings. The maximum absolute atomic E-state index is 10.7. The summed E-state index contributed by atoms with van der Waals surface area (Å²) >= 11 is 6.18. The minimum Gasteiger partial charge on any atom is -0.491 e. The lowest BCUT2D eigenvalue weighted by atomic mass is 10.0. The fourth-order valence-electron chi connectivity index (χ4n) is 3.77. The number of halogens is 1. The number of hydrogen-bond acceptors (Lipinski definition) is 5. The molecule has 0 radical (unpaired) electrons. The smallest absolute Gasteiger partial charge is 0.145 e. The number of benzene rings is 3. The van der Waals surface area contributed by atoms with Gasteiger partial charge in [-0.05, 0) is 35.4 Å². The first kappa shape index (κ1) is 22.3. The Bertz CT molecular complexity index is 1010. The minimum atomic E-state index is -0.648. The lowest BCUT2D eigenvalue weighted by Gasteiger charge is -2.27. The Morgan fingerprint density at radius 1 is 1.03 bits per heavy atom. The van der Waals surface area contributed by atoms with E-state index in [1.165, 1.54) is 0 Å². The molecule has 0 bridgehead atoms. The number of rotatable bonds is 10. The lowest BCUT2D eigenvalue weighted by Crippen LogP contribution is -2.39. The quantitative estimate of drug-likeness (QED) is 0.483. The van der Waals surface area contributed by atoms with E-state index >= 15 is 0 Å². The Balaban J connectivity index is 1.37. The van der Waals surface area contributed by atoms with E-state index < -0.39 is 6.10 Å². The van der Waals surface area contributed by atoms with E-state index in [9.17, 15) is 5.11 Å². The average molecular weight is 451 g/mol. The van der Waals surface area contributed by atoms with Crippen LogP contribution in [0, 0.1) is 0 Å². The molecule has 5 nitrogen and oxygen atoms in total. The molecule has 4 rings (SSSR count). The summed E-state index contributed by atoms with van der Waals surface area (Å²) in [6.45, 7) is 1.94. The number of para-hydroxylation sites is 1. The van der Waals surface area contributed by atoms with Gasteiger partial charge in [0.1, 0.15) is 24.6 Å². The van der Waals surface area contributed by atoms with Crippen LogP contribution in [0.15, 0.2) is 90.1 Å². The first-order valence-electron chi connectivity index (χ1n) is 10.8. The average Bonchev–Trinajstić information content (AvgIpc) is 3.27. The molecule has 0 aromatic heterocycles. The number of oxime groups is 1. The van der Waals surface area contributed by atoms with Gasteiger partial charge in [0.2, 0.25) is 0 Å². The molecule has 0 amide bonds. The molecule has 1 N–H and O–H groups in total. The highest BCUT2D eigenvalue weighted by molar-refractivity contribution is 6.30. The summed E-state index contributed by atoms with van der Waals surface area (Å²) in [6.07, 6.45) is 0.00378. The van der Waals surface area contributed by atoms with E-state index in [4.69, 9.17) is 21.2 Å². The Labute approximate surface area is 193 Å². The van der Waals surface area contributed by atoms with Gasteiger partial charge >= 0.3 is 0 Å². The Morgan fingerprint density at radius 2 is 1.78 bits per heavy atom. The molecule has 3 aromatic carbocycles. The first-order chi connectivity index (χ1) is 15.7. The molecule has 3 aromatic rings. The zero-order chi connectivity index (χ0) is 22.2. The molecular weight excluding hydrogens is 424 g/mol. The van der Waals surface area contributed by atoms with Crippen molar-refractivity contribution in [3.8, 4) is 5.75 Å². The van der Waals surface area contributed by atoms with Crippen molar-refractivity contribution in [1.29, 1.82) is 0 Å². The Hall–Kier alpha value is -2.86. The van der Waals surface area contributed by atoms with E-state index in [0.29, 0.717) is 24.7 Å². The van der Waals surface area contributed by atoms with Gasteiger partial charge in [0, 0.05) is 31.1 Å². The Morgan fingerprint density at radius 3 is 2.53 bits per heavy atom. The third-order valence-corrected chi connectivity index (χ3v) is 5.49. The van der Waals surface area contributed by atoms with E-state index in [0.717, 1.165) is 29.0 Å². The Kier molecular flexibility index (Phi) is 7.77. The van der Waals surface area contributed by atoms with Crippen molar-refractivity contribution in [2.75, 3.05) is 19.7 Å². The van der Waals surface area contributed by atoms with Crippen LogP contribution >= 0.6 is 11.6 Å². The van der Waals surface area contributed by atoms with Crippen LogP contribution in [0.1, 0.15) is 17.5 Å². The normalized spacial score (nSPS) is 16.5. The predicted octanol–water partition coefficient (Wildman–Crippen LogP) is 4.78. The van der Waals surface area contributed by atoms with Crippen LogP contribution in [-0.2, 0) is 11.4 Å². The van der Waals surface area contributed by atoms with Crippen molar-refractivity contribution >= 4 is 17.3 Å². The van der Waals surface area contributed by atoms with Gasteiger partial charge in [0.05, 0.1) is 5.71 Å². The van der Waals surface area contributed by atoms with Crippen molar-refractivity contribution < 1.29 is 14.7 Å². The molecule has 32 heavy (non-hydrogen) atoms. The van der Waals surface area contributed by atoms with Gasteiger partial charge in [-0.1, -0.05) is 77.4 Å². The summed E-state index contributed by atoms with van der Waals surface area (Å²) in [6, 6.07) is 27.4. The molecule has 2 atom stereocenters. The van der Waals surface area contributed by atoms with Crippen molar-refractivity contribution in [2.24, 2.45) is 5.16 Å². The number of ether oxygens (including phenoxy) is 1. The molecule has 0 saturated carbocycles. The second-order valence-electron chi connectivity index (χ2n) is 7.94. The van der Waals surface area contributed by atoms with Crippen molar-refractivity contribution in [1.82, 2.24) is 4.90 Å². The van der Waals surface area contributed by atoms with Crippen molar-refractivity contribution in [3.05, 3.63) is 101 Å². The standard InChI is InChI=1S/C26H27ClN2O3/c27-22-11-7-8-20(14-22)16-29(17-23(30)19-31-24-12-5-2-6-13-24)18-25-15-26(28-32-25)21-9-3-1-4-10-21/h1-14,23,25,30H,15-19H2/t23-,25+/m1/s1. The molecule has 0 unspecified atom stereocenters. The molecule has 1 aliphatic heterocycles. The van der Waals surface area contributed by atoms with Crippen LogP contribution in [0.2, 0.25) is 5.02 Å². The molecule has 0 fully saturated rings. The third kappa shape index (κ3) is 6.57. The largest absolute Gasteiger partial charge is 0.491 e. The summed E-state index contributed by atoms with van der Waals surface area (Å²) in [7, 11) is 0. The van der Waals surface area contributed by atoms with Gasteiger partial charge < -0.3 is 14.7 Å². The molecule has 1 heterocycles. The number of aliphatic hydroxyl groups is 1. The van der Waals surface area contributed by atoms with Crippen LogP contribution < -0.4 is 4.74 Å². The third-order valence-electron chi connectivity index (χ3n) is 5.25. The van der Waals surface area contributed by atoms with E-state index in [1.807, 2.05) is 84.9 Å². The second-order valence-corrected chi connectivity index (χ2v) is 8.37. The zero-order valence-electron chi connectivity index (χ0n) is 17.8. The second kappa shape index (κ2) is 11.1. The van der Waals surface area contributed by atoms with Crippen molar-refractivity contribution in [3.63, 3.8) is 0 Å². The maximum Gasteiger partial charge on any atom is 0.145 e. The highest BCUT2D eigenvalue weighted by Crippen LogP contribution is 2.20. The predicted molar refractivity (Wildman–Crippen MR) is 127 cm³/mol. The molecular formula is C26H27ClN2O3. The van der Waals surface area contributed by atoms with Gasteiger partial charge in [0.15, 0.2) is 0 Å². The highest BCUT2D eigenvalue weighted by atomic mass is 35.5. The SMILES string of the molecule is O[C@@H](COc1ccccc1)CN(Cc1cccc(Cl)c1)C[C@@H]1CC(c2ccccc2)=NO1. The summed E-state index contributed by atoms with van der Waals surface area (Å²) in [5, 5.41) is 15.7. The maximum atomic E-state index is 10.7. The molecule has 6 heteroatoms. The summed E-state index contributed by atoms with van der Waals surface area (Å²) in [5.74, 6) is 0.743. The molecule has 0 spiro atoms. The monoisotopic (exact) mass is 450 g/mol. The van der Waals surface area contributed by atoms with Crippen LogP contribution in [0.5, 0.6) is 5.75 Å². The van der Waals surface area contributed by atoms with Crippen LogP contribution in [0.4, 0.5) is 0 Å². The van der Waals surface area contributed by atoms with Crippen molar-refractivity contribution in [2.45, 2.75) is 25.2 Å². The van der Waals surface area contributed by atoms with Gasteiger partial charge in [-0.2, -0.15) is 0 Å². The van der Waals surface area contributed by atoms with E-state index in [-0.39, 0.29) is 12.7 Å². The fourth-order valence-corrected chi connectivity index (χ4v) is 3.99. The summed E-state index contributed by atoms with van der Waals surface area (Å²) < 4.78 is 5.73. The van der Waals surface area contributed by atoms with Gasteiger partial charge in [-0.25, -0.2) is 0 Å². The first-order valence-corrected chi connectivity index (χ1v) is 11.1. The van der Waals surface area contributed by atoms with Crippen LogP contribution in [-0.4, -0.2) is 47.6 Å². The van der Waals surface area contributed by atoms with Gasteiger partial charge in [-0.15, -0.1) is 0 Å². The number of aliphatic hydroxyl groups excluding tert-OH is 1. The highest BCUT2D eigenvalue weighted by Gasteiger charge is 2.26. The van der Waals surface area contributed by atoms with Gasteiger partial charge in [0.25, 0.3) is 0 Å². The van der Waals surface area contributed by atoms with Gasteiger partial charge in [-0.3, -0.25) is 4.90 Å². The van der Waals surface area contributed by atoms with E-state index in [2.05, 4.69) is 10.1 Å². The molecule has 0 saturated heterocycles. The van der Waals surface area contributed by atoms with Crippen LogP contribution in [0.3, 0.4) is 0 Å². The summed E-state index contributed by atoms with van der Waals surface area (Å²) in [5.41, 5.74) is 3.11. The summed E-state index contributed by atoms with van der Waals surface area (Å²) in [4.78, 5) is 7.90. The van der Waals surface area contributed by atoms with Crippen LogP contribution in [0.25, 0.3) is 0 Å². The lowest BCUT2D eigenvalue weighted by molar-refractivity contribution is 0.0213. The fraction of sp³-hybridized carbons (Fsp3) is 0.269. The topological polar surface area (TPSA) is 54.3 Å². The molecule has 166 valence electrons. The number of nitrogens with zero attached hydrogens (tertiary/aromatic N) is 2. The number of hydrogen-bond donors (Lipinski definition) is 1. The zero-order valence-corrected chi connectivity index (χ0v) is 18.6. The minimum absolute atomic E-state index is 0.0772. The molecule has 0 aliphatic carbocycles.